The number of carbonyl (C=O) groups is 2. The third-order valence-electron chi connectivity index (χ3n) is 4.73. The van der Waals surface area contributed by atoms with E-state index in [4.69, 9.17) is 16.3 Å². The molecule has 154 valence electrons. The molecule has 0 saturated carbocycles. The summed E-state index contributed by atoms with van der Waals surface area (Å²) in [6.07, 6.45) is 0. The van der Waals surface area contributed by atoms with E-state index in [1.165, 1.54) is 11.8 Å². The van der Waals surface area contributed by atoms with Crippen LogP contribution in [0.4, 0.5) is 5.69 Å². The zero-order valence-electron chi connectivity index (χ0n) is 16.1. The number of halogens is 1. The van der Waals surface area contributed by atoms with Crippen LogP contribution < -0.4 is 10.1 Å². The third kappa shape index (κ3) is 4.29. The van der Waals surface area contributed by atoms with Gasteiger partial charge >= 0.3 is 0 Å². The average Bonchev–Trinajstić information content (AvgIpc) is 3.44. The van der Waals surface area contributed by atoms with Gasteiger partial charge in [0.2, 0.25) is 5.91 Å². The van der Waals surface area contributed by atoms with E-state index < -0.39 is 6.04 Å². The fourth-order valence-corrected chi connectivity index (χ4v) is 4.49. The summed E-state index contributed by atoms with van der Waals surface area (Å²) in [7, 11) is 1.58. The predicted octanol–water partition coefficient (Wildman–Crippen LogP) is 3.89. The summed E-state index contributed by atoms with van der Waals surface area (Å²) < 4.78 is 5.13. The summed E-state index contributed by atoms with van der Waals surface area (Å²) in [5.41, 5.74) is 2.40. The third-order valence-corrected chi connectivity index (χ3v) is 5.98. The van der Waals surface area contributed by atoms with Crippen LogP contribution in [0.1, 0.15) is 10.5 Å². The lowest BCUT2D eigenvalue weighted by atomic mass is 10.1. The zero-order valence-corrected chi connectivity index (χ0v) is 17.7. The fraction of sp³-hybridized carbons (Fsp3) is 0.190. The smallest absolute Gasteiger partial charge is 0.273 e. The minimum atomic E-state index is -0.567. The lowest BCUT2D eigenvalue weighted by Gasteiger charge is -2.22. The summed E-state index contributed by atoms with van der Waals surface area (Å²) in [5.74, 6) is 1.17. The first-order valence-corrected chi connectivity index (χ1v) is 10.7. The van der Waals surface area contributed by atoms with Crippen molar-refractivity contribution in [2.75, 3.05) is 24.1 Å². The quantitative estimate of drug-likeness (QED) is 0.625. The fourth-order valence-electron chi connectivity index (χ4n) is 3.14. The highest BCUT2D eigenvalue weighted by molar-refractivity contribution is 7.99. The highest BCUT2D eigenvalue weighted by Gasteiger charge is 2.36. The van der Waals surface area contributed by atoms with Crippen molar-refractivity contribution in [3.8, 4) is 17.0 Å². The number of benzene rings is 2. The Morgan fingerprint density at radius 2 is 2.03 bits per heavy atom. The van der Waals surface area contributed by atoms with Crippen LogP contribution in [-0.4, -0.2) is 51.7 Å². The molecule has 9 heteroatoms. The number of nitrogens with one attached hydrogen (secondary N) is 2. The van der Waals surface area contributed by atoms with Gasteiger partial charge in [-0.3, -0.25) is 14.7 Å². The number of methoxy groups -OCH3 is 1. The highest BCUT2D eigenvalue weighted by Crippen LogP contribution is 2.26. The van der Waals surface area contributed by atoms with Gasteiger partial charge in [0.05, 0.1) is 18.7 Å². The molecule has 1 saturated heterocycles. The van der Waals surface area contributed by atoms with Gasteiger partial charge in [0.1, 0.15) is 17.5 Å². The van der Waals surface area contributed by atoms with Crippen molar-refractivity contribution >= 4 is 40.9 Å². The van der Waals surface area contributed by atoms with Crippen molar-refractivity contribution in [3.05, 3.63) is 65.3 Å². The van der Waals surface area contributed by atoms with Crippen molar-refractivity contribution in [1.82, 2.24) is 15.1 Å². The number of hydrogen-bond donors (Lipinski definition) is 2. The molecule has 1 aromatic heterocycles. The van der Waals surface area contributed by atoms with E-state index in [1.807, 2.05) is 12.1 Å². The molecule has 2 N–H and O–H groups in total. The summed E-state index contributed by atoms with van der Waals surface area (Å²) in [6, 6.07) is 15.4. The van der Waals surface area contributed by atoms with E-state index in [-0.39, 0.29) is 11.8 Å². The van der Waals surface area contributed by atoms with Crippen LogP contribution in [0.15, 0.2) is 54.6 Å². The first kappa shape index (κ1) is 20.3. The minimum absolute atomic E-state index is 0.229. The molecule has 1 aliphatic heterocycles. The Labute approximate surface area is 182 Å². The van der Waals surface area contributed by atoms with Gasteiger partial charge in [0.25, 0.3) is 5.91 Å². The number of rotatable bonds is 5. The Bertz CT molecular complexity index is 1070. The van der Waals surface area contributed by atoms with Gasteiger partial charge in [-0.2, -0.15) is 5.10 Å². The van der Waals surface area contributed by atoms with Crippen LogP contribution in [0, 0.1) is 0 Å². The monoisotopic (exact) mass is 442 g/mol. The van der Waals surface area contributed by atoms with Crippen molar-refractivity contribution in [1.29, 1.82) is 0 Å². The van der Waals surface area contributed by atoms with Gasteiger partial charge in [-0.15, -0.1) is 11.8 Å². The van der Waals surface area contributed by atoms with Crippen molar-refractivity contribution in [2.45, 2.75) is 6.04 Å². The number of anilines is 1. The second-order valence-corrected chi connectivity index (χ2v) is 8.12. The molecule has 1 fully saturated rings. The second-order valence-electron chi connectivity index (χ2n) is 6.69. The standard InChI is InChI=1S/C21H19ClN4O3S/c1-29-16-7-5-15(6-8-16)23-20(27)19-11-30-12-26(19)21(28)18-10-17(24-25-18)13-3-2-4-14(22)9-13/h2-10,19H,11-12H2,1H3,(H,23,27)(H,24,25). The summed E-state index contributed by atoms with van der Waals surface area (Å²) in [5, 5.41) is 10.5. The van der Waals surface area contributed by atoms with Gasteiger partial charge in [0.15, 0.2) is 0 Å². The number of nitrogens with zero attached hydrogens (tertiary/aromatic N) is 2. The molecule has 30 heavy (non-hydrogen) atoms. The van der Waals surface area contributed by atoms with E-state index in [2.05, 4.69) is 15.5 Å². The maximum atomic E-state index is 13.0. The molecule has 2 aromatic carbocycles. The maximum Gasteiger partial charge on any atom is 0.273 e. The van der Waals surface area contributed by atoms with Crippen LogP contribution in [-0.2, 0) is 4.79 Å². The van der Waals surface area contributed by atoms with Crippen LogP contribution in [0.5, 0.6) is 5.75 Å². The Morgan fingerprint density at radius 3 is 2.77 bits per heavy atom. The minimum Gasteiger partial charge on any atom is -0.497 e. The molecule has 4 rings (SSSR count). The molecule has 0 aliphatic carbocycles. The van der Waals surface area contributed by atoms with Gasteiger partial charge in [-0.05, 0) is 42.5 Å². The molecule has 2 heterocycles. The Hall–Kier alpha value is -2.97. The number of carbonyl (C=O) groups excluding carboxylic acids is 2. The lowest BCUT2D eigenvalue weighted by Crippen LogP contribution is -2.44. The number of H-pyrrole nitrogens is 1. The molecule has 7 nitrogen and oxygen atoms in total. The van der Waals surface area contributed by atoms with Crippen LogP contribution in [0.25, 0.3) is 11.3 Å². The van der Waals surface area contributed by atoms with E-state index >= 15 is 0 Å². The number of aromatic nitrogens is 2. The van der Waals surface area contributed by atoms with E-state index in [1.54, 1.807) is 54.5 Å². The van der Waals surface area contributed by atoms with E-state index in [0.717, 1.165) is 5.56 Å². The molecule has 0 bridgehead atoms. The Morgan fingerprint density at radius 1 is 1.23 bits per heavy atom. The summed E-state index contributed by atoms with van der Waals surface area (Å²) in [6.45, 7) is 0. The number of thioether (sulfide) groups is 1. The molecular weight excluding hydrogens is 424 g/mol. The molecule has 0 spiro atoms. The van der Waals surface area contributed by atoms with Gasteiger partial charge in [0, 0.05) is 22.0 Å². The molecule has 1 unspecified atom stereocenters. The Balaban J connectivity index is 1.47. The summed E-state index contributed by atoms with van der Waals surface area (Å²) in [4.78, 5) is 27.4. The van der Waals surface area contributed by atoms with Gasteiger partial charge < -0.3 is 15.0 Å². The maximum absolute atomic E-state index is 13.0. The Kier molecular flexibility index (Phi) is 5.96. The van der Waals surface area contributed by atoms with Gasteiger partial charge in [-0.1, -0.05) is 23.7 Å². The van der Waals surface area contributed by atoms with Crippen molar-refractivity contribution in [2.24, 2.45) is 0 Å². The van der Waals surface area contributed by atoms with Crippen LogP contribution in [0.2, 0.25) is 5.02 Å². The summed E-state index contributed by atoms with van der Waals surface area (Å²) >= 11 is 7.57. The molecular formula is C21H19ClN4O3S. The van der Waals surface area contributed by atoms with E-state index in [9.17, 15) is 9.59 Å². The van der Waals surface area contributed by atoms with Crippen molar-refractivity contribution < 1.29 is 14.3 Å². The number of aromatic amines is 1. The number of ether oxygens (including phenoxy) is 1. The number of amides is 2. The second kappa shape index (κ2) is 8.81. The average molecular weight is 443 g/mol. The van der Waals surface area contributed by atoms with Crippen molar-refractivity contribution in [3.63, 3.8) is 0 Å². The molecule has 2 amide bonds. The zero-order chi connectivity index (χ0) is 21.1. The first-order chi connectivity index (χ1) is 14.5. The number of hydrogen-bond acceptors (Lipinski definition) is 5. The molecule has 1 atom stereocenters. The van der Waals surface area contributed by atoms with Crippen LogP contribution >= 0.6 is 23.4 Å². The highest BCUT2D eigenvalue weighted by atomic mass is 35.5. The van der Waals surface area contributed by atoms with Crippen LogP contribution in [0.3, 0.4) is 0 Å². The SMILES string of the molecule is COc1ccc(NC(=O)C2CSCN2C(=O)c2cc(-c3cccc(Cl)c3)n[nH]2)cc1. The molecule has 1 aliphatic rings. The normalized spacial score (nSPS) is 15.8. The first-order valence-electron chi connectivity index (χ1n) is 9.20. The van der Waals surface area contributed by atoms with E-state index in [0.29, 0.717) is 39.5 Å². The lowest BCUT2D eigenvalue weighted by molar-refractivity contribution is -0.119. The van der Waals surface area contributed by atoms with Gasteiger partial charge in [-0.25, -0.2) is 0 Å². The molecule has 3 aromatic rings. The predicted molar refractivity (Wildman–Crippen MR) is 118 cm³/mol. The topological polar surface area (TPSA) is 87.3 Å². The largest absolute Gasteiger partial charge is 0.497 e. The molecule has 0 radical (unpaired) electrons.